The minimum atomic E-state index is -4.70. The third-order valence-electron chi connectivity index (χ3n) is 4.87. The fourth-order valence-electron chi connectivity index (χ4n) is 2.97. The Morgan fingerprint density at radius 3 is 1.59 bits per heavy atom. The maximum Gasteiger partial charge on any atom is 0.434 e. The van der Waals surface area contributed by atoms with Crippen molar-refractivity contribution in [3.8, 4) is 34.7 Å². The van der Waals surface area contributed by atoms with Gasteiger partial charge in [0, 0.05) is 17.2 Å². The third kappa shape index (κ3) is 6.77. The first-order valence-electron chi connectivity index (χ1n) is 10.3. The molecule has 0 radical (unpaired) electrons. The lowest BCUT2D eigenvalue weighted by Gasteiger charge is -2.09. The summed E-state index contributed by atoms with van der Waals surface area (Å²) in [5.74, 6) is 0. The molecule has 0 amide bonds. The summed E-state index contributed by atoms with van der Waals surface area (Å²) < 4.78 is 74.2. The zero-order valence-electron chi connectivity index (χ0n) is 18.9. The molecule has 0 atom stereocenters. The summed E-state index contributed by atoms with van der Waals surface area (Å²) in [6.07, 6.45) is -9.34. The van der Waals surface area contributed by atoms with Crippen molar-refractivity contribution in [1.29, 1.82) is 10.5 Å². The largest absolute Gasteiger partial charge is 0.434 e. The highest BCUT2D eigenvalue weighted by Crippen LogP contribution is 2.32. The molecule has 0 aliphatic rings. The van der Waals surface area contributed by atoms with E-state index in [1.807, 2.05) is 17.2 Å². The van der Waals surface area contributed by atoms with E-state index >= 15 is 0 Å². The van der Waals surface area contributed by atoms with Crippen molar-refractivity contribution in [3.63, 3.8) is 0 Å². The number of aromatic nitrogens is 4. The van der Waals surface area contributed by atoms with Gasteiger partial charge in [0.05, 0.1) is 27.7 Å². The van der Waals surface area contributed by atoms with Gasteiger partial charge in [-0.2, -0.15) is 47.1 Å². The van der Waals surface area contributed by atoms with Gasteiger partial charge in [-0.15, -0.1) is 0 Å². The number of nitrogens with one attached hydrogen (secondary N) is 2. The van der Waals surface area contributed by atoms with E-state index in [9.17, 15) is 35.9 Å². The Kier molecular flexibility index (Phi) is 8.36. The predicted octanol–water partition coefficient (Wildman–Crippen LogP) is 5.42. The first kappa shape index (κ1) is 28.8. The topological polar surface area (TPSA) is 139 Å². The van der Waals surface area contributed by atoms with Crippen molar-refractivity contribution in [3.05, 3.63) is 102 Å². The van der Waals surface area contributed by atoms with E-state index in [4.69, 9.17) is 10.5 Å². The number of aromatic amines is 2. The van der Waals surface area contributed by atoms with Crippen LogP contribution in [0.3, 0.4) is 0 Å². The van der Waals surface area contributed by atoms with Crippen molar-refractivity contribution >= 4 is 15.9 Å². The summed E-state index contributed by atoms with van der Waals surface area (Å²) in [6.45, 7) is 0. The summed E-state index contributed by atoms with van der Waals surface area (Å²) in [4.78, 5) is 23.5. The van der Waals surface area contributed by atoms with Gasteiger partial charge in [-0.1, -0.05) is 24.3 Å². The van der Waals surface area contributed by atoms with E-state index < -0.39 is 39.1 Å². The molecule has 0 aliphatic carbocycles. The smallest absolute Gasteiger partial charge is 0.287 e. The molecule has 198 valence electrons. The number of benzene rings is 2. The van der Waals surface area contributed by atoms with Crippen LogP contribution in [0.4, 0.5) is 26.3 Å². The summed E-state index contributed by atoms with van der Waals surface area (Å²) in [6, 6.07) is 15.8. The van der Waals surface area contributed by atoms with Crippen LogP contribution < -0.4 is 10.9 Å². The molecular formula is C24H11BrF6N6O2. The molecular weight excluding hydrogens is 598 g/mol. The van der Waals surface area contributed by atoms with Crippen molar-refractivity contribution in [2.75, 3.05) is 0 Å². The number of halogens is 7. The zero-order chi connectivity index (χ0) is 29.0. The maximum atomic E-state index is 12.6. The highest BCUT2D eigenvalue weighted by molar-refractivity contribution is 9.10. The molecule has 2 aromatic carbocycles. The predicted molar refractivity (Wildman–Crippen MR) is 128 cm³/mol. The molecule has 0 bridgehead atoms. The molecule has 4 rings (SSSR count). The molecule has 0 saturated heterocycles. The molecule has 15 heteroatoms. The van der Waals surface area contributed by atoms with Gasteiger partial charge < -0.3 is 0 Å². The molecule has 0 fully saturated rings. The van der Waals surface area contributed by atoms with E-state index in [1.165, 1.54) is 48.5 Å². The highest BCUT2D eigenvalue weighted by atomic mass is 79.9. The summed E-state index contributed by atoms with van der Waals surface area (Å²) in [7, 11) is 0. The van der Waals surface area contributed by atoms with Gasteiger partial charge >= 0.3 is 12.4 Å². The molecule has 0 saturated carbocycles. The van der Waals surface area contributed by atoms with E-state index in [0.717, 1.165) is 0 Å². The number of alkyl halides is 6. The second kappa shape index (κ2) is 11.3. The van der Waals surface area contributed by atoms with Gasteiger partial charge in [0.15, 0.2) is 5.69 Å². The van der Waals surface area contributed by atoms with Crippen LogP contribution in [-0.2, 0) is 12.4 Å². The van der Waals surface area contributed by atoms with Crippen LogP contribution in [-0.4, -0.2) is 20.4 Å². The Bertz CT molecular complexity index is 1700. The monoisotopic (exact) mass is 608 g/mol. The number of H-pyrrole nitrogens is 2. The molecule has 8 nitrogen and oxygen atoms in total. The summed E-state index contributed by atoms with van der Waals surface area (Å²) in [5.41, 5.74) is -3.02. The quantitative estimate of drug-likeness (QED) is 0.291. The van der Waals surface area contributed by atoms with E-state index in [0.29, 0.717) is 28.3 Å². The third-order valence-corrected chi connectivity index (χ3v) is 5.63. The second-order valence-electron chi connectivity index (χ2n) is 7.46. The van der Waals surface area contributed by atoms with Crippen molar-refractivity contribution < 1.29 is 26.3 Å². The maximum absolute atomic E-state index is 12.6. The lowest BCUT2D eigenvalue weighted by Crippen LogP contribution is -2.19. The Morgan fingerprint density at radius 2 is 1.18 bits per heavy atom. The van der Waals surface area contributed by atoms with Gasteiger partial charge in [-0.05, 0) is 40.2 Å². The minimum Gasteiger partial charge on any atom is -0.287 e. The first-order valence-corrected chi connectivity index (χ1v) is 11.1. The van der Waals surface area contributed by atoms with Crippen LogP contribution in [0.5, 0.6) is 0 Å². The van der Waals surface area contributed by atoms with E-state index in [1.54, 1.807) is 5.10 Å². The molecule has 0 spiro atoms. The van der Waals surface area contributed by atoms with Gasteiger partial charge in [0.1, 0.15) is 17.1 Å². The fourth-order valence-corrected chi connectivity index (χ4v) is 3.47. The van der Waals surface area contributed by atoms with E-state index in [-0.39, 0.29) is 11.4 Å². The molecule has 2 aromatic heterocycles. The Balaban J connectivity index is 0.000000216. The average molecular weight is 609 g/mol. The Labute approximate surface area is 222 Å². The summed E-state index contributed by atoms with van der Waals surface area (Å²) in [5, 5.41) is 27.8. The Hall–Kier alpha value is -4.76. The van der Waals surface area contributed by atoms with Crippen molar-refractivity contribution in [2.24, 2.45) is 0 Å². The number of rotatable bonds is 2. The van der Waals surface area contributed by atoms with Crippen LogP contribution >= 0.6 is 15.9 Å². The van der Waals surface area contributed by atoms with Crippen molar-refractivity contribution in [2.45, 2.75) is 12.4 Å². The van der Waals surface area contributed by atoms with Gasteiger partial charge in [-0.25, -0.2) is 0 Å². The van der Waals surface area contributed by atoms with Crippen molar-refractivity contribution in [1.82, 2.24) is 20.4 Å². The highest BCUT2D eigenvalue weighted by Gasteiger charge is 2.36. The molecule has 0 aliphatic heterocycles. The average Bonchev–Trinajstić information content (AvgIpc) is 2.89. The first-order chi connectivity index (χ1) is 18.3. The van der Waals surface area contributed by atoms with Crippen LogP contribution in [0, 0.1) is 22.7 Å². The lowest BCUT2D eigenvalue weighted by molar-refractivity contribution is -0.143. The van der Waals surface area contributed by atoms with E-state index in [2.05, 4.69) is 26.1 Å². The molecule has 2 heterocycles. The van der Waals surface area contributed by atoms with Crippen LogP contribution in [0.15, 0.2) is 68.7 Å². The zero-order valence-corrected chi connectivity index (χ0v) is 20.5. The van der Waals surface area contributed by atoms with Gasteiger partial charge in [0.25, 0.3) is 0 Å². The number of nitrogens with zero attached hydrogens (tertiary/aromatic N) is 4. The molecule has 0 unspecified atom stereocenters. The van der Waals surface area contributed by atoms with Gasteiger partial charge in [0.2, 0.25) is 10.9 Å². The minimum absolute atomic E-state index is 0.127. The SMILES string of the molecule is N#Cc1ccc(-c2n[nH]c(C(F)(F)F)c(Br)c2=O)cc1.N#Cc1ccc(-c2n[nH]c(C(F)(F)F)cc2=O)cc1. The number of hydrogen-bond donors (Lipinski definition) is 2. The normalized spacial score (nSPS) is 11.1. The molecule has 39 heavy (non-hydrogen) atoms. The van der Waals surface area contributed by atoms with Crippen LogP contribution in [0.2, 0.25) is 0 Å². The van der Waals surface area contributed by atoms with Crippen LogP contribution in [0.1, 0.15) is 22.5 Å². The lowest BCUT2D eigenvalue weighted by atomic mass is 10.1. The Morgan fingerprint density at radius 1 is 0.718 bits per heavy atom. The summed E-state index contributed by atoms with van der Waals surface area (Å²) >= 11 is 2.64. The van der Waals surface area contributed by atoms with Gasteiger partial charge in [-0.3, -0.25) is 19.8 Å². The molecule has 2 N–H and O–H groups in total. The fraction of sp³-hybridized carbons (Fsp3) is 0.0833. The number of nitriles is 2. The second-order valence-corrected chi connectivity index (χ2v) is 8.25. The molecule has 4 aromatic rings. The van der Waals surface area contributed by atoms with Crippen LogP contribution in [0.25, 0.3) is 22.5 Å². The standard InChI is InChI=1S/C12H5BrF3N3O.C12H6F3N3O/c13-8-10(20)9(18-19-11(8)12(14,15)16)7-3-1-6(5-17)2-4-7;13-12(14,15)10-5-9(19)11(18-17-10)8-3-1-7(6-16)2-4-8/h1-4H,(H,19,20);1-5H,(H,17,19). The number of hydrogen-bond acceptors (Lipinski definition) is 6.